The number of hydrogen-bond acceptors (Lipinski definition) is 3. The number of amides is 1. The molecule has 1 fully saturated rings. The van der Waals surface area contributed by atoms with E-state index in [0.29, 0.717) is 12.2 Å². The van der Waals surface area contributed by atoms with Crippen molar-refractivity contribution in [3.63, 3.8) is 0 Å². The first kappa shape index (κ1) is 14.1. The second kappa shape index (κ2) is 4.97. The van der Waals surface area contributed by atoms with Gasteiger partial charge in [-0.05, 0) is 32.8 Å². The molecular formula is C12H19N3O3S. The third-order valence-corrected chi connectivity index (χ3v) is 4.45. The average Bonchev–Trinajstić information content (AvgIpc) is 2.92. The summed E-state index contributed by atoms with van der Waals surface area (Å²) >= 11 is 0. The van der Waals surface area contributed by atoms with Crippen molar-refractivity contribution in [1.29, 1.82) is 0 Å². The number of nitrogens with zero attached hydrogens (tertiary/aromatic N) is 2. The van der Waals surface area contributed by atoms with Crippen LogP contribution in [0.25, 0.3) is 0 Å². The van der Waals surface area contributed by atoms with Crippen LogP contribution >= 0.6 is 0 Å². The van der Waals surface area contributed by atoms with E-state index in [1.165, 1.54) is 12.3 Å². The molecule has 1 aromatic rings. The van der Waals surface area contributed by atoms with Gasteiger partial charge >= 0.3 is 0 Å². The molecule has 2 heterocycles. The van der Waals surface area contributed by atoms with Gasteiger partial charge in [0, 0.05) is 25.3 Å². The van der Waals surface area contributed by atoms with Crippen molar-refractivity contribution in [2.45, 2.75) is 44.2 Å². The molecule has 1 aliphatic heterocycles. The van der Waals surface area contributed by atoms with Gasteiger partial charge in [-0.25, -0.2) is 13.6 Å². The fraction of sp³-hybridized carbons (Fsp3) is 0.583. The van der Waals surface area contributed by atoms with E-state index >= 15 is 0 Å². The molecule has 19 heavy (non-hydrogen) atoms. The Labute approximate surface area is 113 Å². The van der Waals surface area contributed by atoms with Crippen LogP contribution in [-0.2, 0) is 16.6 Å². The lowest BCUT2D eigenvalue weighted by Gasteiger charge is -2.21. The number of aryl methyl sites for hydroxylation is 1. The van der Waals surface area contributed by atoms with E-state index in [4.69, 9.17) is 5.14 Å². The van der Waals surface area contributed by atoms with E-state index in [0.717, 1.165) is 19.4 Å². The average molecular weight is 285 g/mol. The minimum atomic E-state index is -3.78. The first-order valence-corrected chi connectivity index (χ1v) is 7.93. The van der Waals surface area contributed by atoms with Gasteiger partial charge < -0.3 is 9.47 Å². The molecule has 1 amide bonds. The Morgan fingerprint density at radius 2 is 2.21 bits per heavy atom. The van der Waals surface area contributed by atoms with Crippen LogP contribution in [0.4, 0.5) is 0 Å². The Kier molecular flexibility index (Phi) is 3.69. The van der Waals surface area contributed by atoms with Gasteiger partial charge in [-0.3, -0.25) is 4.79 Å². The van der Waals surface area contributed by atoms with Crippen molar-refractivity contribution in [1.82, 2.24) is 9.47 Å². The predicted octanol–water partition coefficient (Wildman–Crippen LogP) is 0.780. The summed E-state index contributed by atoms with van der Waals surface area (Å²) in [6, 6.07) is 1.57. The molecule has 1 saturated heterocycles. The van der Waals surface area contributed by atoms with Crippen molar-refractivity contribution < 1.29 is 13.2 Å². The van der Waals surface area contributed by atoms with Crippen molar-refractivity contribution in [3.05, 3.63) is 18.0 Å². The van der Waals surface area contributed by atoms with E-state index < -0.39 is 10.0 Å². The lowest BCUT2D eigenvalue weighted by Crippen LogP contribution is -2.34. The van der Waals surface area contributed by atoms with Crippen LogP contribution in [0.2, 0.25) is 0 Å². The summed E-state index contributed by atoms with van der Waals surface area (Å²) in [4.78, 5) is 14.2. The Hall–Kier alpha value is -1.34. The Bertz CT molecular complexity index is 591. The quantitative estimate of drug-likeness (QED) is 0.890. The van der Waals surface area contributed by atoms with Crippen molar-refractivity contribution in [3.8, 4) is 0 Å². The number of sulfonamides is 1. The highest BCUT2D eigenvalue weighted by Gasteiger charge is 2.28. The number of hydrogen-bond donors (Lipinski definition) is 1. The van der Waals surface area contributed by atoms with E-state index in [1.54, 1.807) is 9.47 Å². The van der Waals surface area contributed by atoms with Gasteiger partial charge in [-0.1, -0.05) is 0 Å². The Morgan fingerprint density at radius 3 is 2.68 bits per heavy atom. The van der Waals surface area contributed by atoms with E-state index in [2.05, 4.69) is 0 Å². The minimum absolute atomic E-state index is 0.00968. The highest BCUT2D eigenvalue weighted by molar-refractivity contribution is 7.89. The van der Waals surface area contributed by atoms with Crippen molar-refractivity contribution in [2.24, 2.45) is 5.14 Å². The van der Waals surface area contributed by atoms with Crippen LogP contribution in [0.5, 0.6) is 0 Å². The summed E-state index contributed by atoms with van der Waals surface area (Å²) in [5, 5.41) is 5.11. The Morgan fingerprint density at radius 1 is 1.53 bits per heavy atom. The molecule has 0 radical (unpaired) electrons. The summed E-state index contributed by atoms with van der Waals surface area (Å²) in [6.07, 6.45) is 3.39. The number of rotatable bonds is 3. The zero-order valence-corrected chi connectivity index (χ0v) is 12.0. The van der Waals surface area contributed by atoms with Gasteiger partial charge in [0.05, 0.1) is 0 Å². The van der Waals surface area contributed by atoms with Gasteiger partial charge in [0.25, 0.3) is 5.91 Å². The number of carbonyl (C=O) groups is 1. The van der Waals surface area contributed by atoms with Crippen LogP contribution in [0, 0.1) is 0 Å². The number of aromatic nitrogens is 1. The van der Waals surface area contributed by atoms with Crippen LogP contribution in [-0.4, -0.2) is 36.4 Å². The summed E-state index contributed by atoms with van der Waals surface area (Å²) in [6.45, 7) is 5.11. The number of nitrogens with two attached hydrogens (primary N) is 1. The van der Waals surface area contributed by atoms with E-state index in [-0.39, 0.29) is 16.8 Å². The van der Waals surface area contributed by atoms with Gasteiger partial charge in [0.15, 0.2) is 0 Å². The minimum Gasteiger partial charge on any atom is -0.342 e. The van der Waals surface area contributed by atoms with E-state index in [1.807, 2.05) is 13.8 Å². The predicted molar refractivity (Wildman–Crippen MR) is 71.2 cm³/mol. The van der Waals surface area contributed by atoms with Crippen molar-refractivity contribution >= 4 is 15.9 Å². The largest absolute Gasteiger partial charge is 0.342 e. The molecule has 1 atom stereocenters. The maximum atomic E-state index is 12.4. The summed E-state index contributed by atoms with van der Waals surface area (Å²) in [5.41, 5.74) is 0.389. The molecular weight excluding hydrogens is 266 g/mol. The number of carbonyl (C=O) groups excluding carboxylic acids is 1. The monoisotopic (exact) mass is 285 g/mol. The summed E-state index contributed by atoms with van der Waals surface area (Å²) < 4.78 is 24.4. The SMILES string of the molecule is CCn1cc(S(N)(=O)=O)cc1C(=O)N1CCCC1C. The first-order valence-electron chi connectivity index (χ1n) is 6.38. The second-order valence-electron chi connectivity index (χ2n) is 4.88. The molecule has 0 spiro atoms. The Balaban J connectivity index is 2.39. The first-order chi connectivity index (χ1) is 8.84. The van der Waals surface area contributed by atoms with Gasteiger partial charge in [-0.2, -0.15) is 0 Å². The van der Waals surface area contributed by atoms with Gasteiger partial charge in [0.2, 0.25) is 10.0 Å². The molecule has 0 aliphatic carbocycles. The molecule has 0 bridgehead atoms. The van der Waals surface area contributed by atoms with Crippen LogP contribution in [0.15, 0.2) is 17.2 Å². The third kappa shape index (κ3) is 2.66. The topological polar surface area (TPSA) is 85.4 Å². The zero-order valence-electron chi connectivity index (χ0n) is 11.2. The zero-order chi connectivity index (χ0) is 14.2. The molecule has 106 valence electrons. The maximum Gasteiger partial charge on any atom is 0.270 e. The lowest BCUT2D eigenvalue weighted by molar-refractivity contribution is 0.0736. The molecule has 0 aromatic carbocycles. The molecule has 2 rings (SSSR count). The molecule has 1 aliphatic rings. The molecule has 7 heteroatoms. The van der Waals surface area contributed by atoms with Crippen LogP contribution in [0.3, 0.4) is 0 Å². The third-order valence-electron chi connectivity index (χ3n) is 3.57. The lowest BCUT2D eigenvalue weighted by atomic mass is 10.2. The van der Waals surface area contributed by atoms with Crippen LogP contribution < -0.4 is 5.14 Å². The standard InChI is InChI=1S/C12H19N3O3S/c1-3-14-8-10(19(13,17)18)7-11(14)12(16)15-6-4-5-9(15)2/h7-9H,3-6H2,1-2H3,(H2,13,17,18). The van der Waals surface area contributed by atoms with Crippen LogP contribution in [0.1, 0.15) is 37.2 Å². The second-order valence-corrected chi connectivity index (χ2v) is 6.44. The molecule has 1 unspecified atom stereocenters. The number of primary sulfonamides is 1. The molecule has 2 N–H and O–H groups in total. The highest BCUT2D eigenvalue weighted by atomic mass is 32.2. The summed E-state index contributed by atoms with van der Waals surface area (Å²) in [7, 11) is -3.78. The maximum absolute atomic E-state index is 12.4. The molecule has 6 nitrogen and oxygen atoms in total. The summed E-state index contributed by atoms with van der Waals surface area (Å²) in [5.74, 6) is -0.123. The van der Waals surface area contributed by atoms with Crippen molar-refractivity contribution in [2.75, 3.05) is 6.54 Å². The van der Waals surface area contributed by atoms with E-state index in [9.17, 15) is 13.2 Å². The number of likely N-dealkylation sites (tertiary alicyclic amines) is 1. The fourth-order valence-corrected chi connectivity index (χ4v) is 3.01. The normalized spacial score (nSPS) is 19.9. The van der Waals surface area contributed by atoms with Gasteiger partial charge in [0.1, 0.15) is 10.6 Å². The van der Waals surface area contributed by atoms with Gasteiger partial charge in [-0.15, -0.1) is 0 Å². The molecule has 0 saturated carbocycles. The molecule has 1 aromatic heterocycles. The fourth-order valence-electron chi connectivity index (χ4n) is 2.46. The smallest absolute Gasteiger partial charge is 0.270 e. The highest BCUT2D eigenvalue weighted by Crippen LogP contribution is 2.21.